The molecule has 0 aromatic heterocycles. The predicted molar refractivity (Wildman–Crippen MR) is 134 cm³/mol. The van der Waals surface area contributed by atoms with E-state index in [1.54, 1.807) is 19.9 Å². The van der Waals surface area contributed by atoms with Gasteiger partial charge < -0.3 is 9.84 Å². The van der Waals surface area contributed by atoms with Crippen molar-refractivity contribution >= 4 is 13.4 Å². The van der Waals surface area contributed by atoms with E-state index in [0.717, 1.165) is 53.5 Å². The second-order valence-electron chi connectivity index (χ2n) is 8.68. The summed E-state index contributed by atoms with van der Waals surface area (Å²) < 4.78 is 34.3. The average molecular weight is 477 g/mol. The Morgan fingerprint density at radius 1 is 1.12 bits per heavy atom. The molecular weight excluding hydrogens is 439 g/mol. The number of allylic oxidation sites excluding steroid dienone is 1. The molecule has 6 nitrogen and oxygen atoms in total. The third kappa shape index (κ3) is 7.18. The van der Waals surface area contributed by atoms with Crippen molar-refractivity contribution in [3.05, 3.63) is 53.6 Å². The molecule has 1 N–H and O–H groups in total. The van der Waals surface area contributed by atoms with Crippen molar-refractivity contribution in [2.75, 3.05) is 14.2 Å². The third-order valence-corrected chi connectivity index (χ3v) is 6.81. The lowest BCUT2D eigenvalue weighted by atomic mass is 9.91. The normalized spacial score (nSPS) is 12.1. The Labute approximate surface area is 198 Å². The van der Waals surface area contributed by atoms with Crippen LogP contribution in [0.3, 0.4) is 0 Å². The summed E-state index contributed by atoms with van der Waals surface area (Å²) in [5.41, 5.74) is 5.07. The fourth-order valence-corrected chi connectivity index (χ4v) is 4.54. The number of hydrogen-bond acceptors (Lipinski definition) is 6. The highest BCUT2D eigenvalue weighted by Gasteiger charge is 2.36. The van der Waals surface area contributed by atoms with Crippen LogP contribution in [-0.2, 0) is 24.6 Å². The van der Waals surface area contributed by atoms with Gasteiger partial charge >= 0.3 is 7.82 Å². The van der Waals surface area contributed by atoms with Crippen LogP contribution in [0.2, 0.25) is 0 Å². The highest BCUT2D eigenvalue weighted by molar-refractivity contribution is 7.48. The number of hydrogen-bond donors (Lipinski definition) is 1. The summed E-state index contributed by atoms with van der Waals surface area (Å²) in [5, 5.41) is 11.1. The van der Waals surface area contributed by atoms with E-state index < -0.39 is 13.6 Å². The van der Waals surface area contributed by atoms with Crippen molar-refractivity contribution in [2.24, 2.45) is 0 Å². The fraction of sp³-hybridized carbons (Fsp3) is 0.462. The van der Waals surface area contributed by atoms with Gasteiger partial charge in [0, 0.05) is 28.1 Å². The van der Waals surface area contributed by atoms with Crippen LogP contribution in [0.25, 0.3) is 16.7 Å². The number of phosphoric acid groups is 1. The third-order valence-electron chi connectivity index (χ3n) is 5.25. The zero-order valence-electron chi connectivity index (χ0n) is 20.9. The van der Waals surface area contributed by atoms with E-state index in [4.69, 9.17) is 18.3 Å². The zero-order valence-corrected chi connectivity index (χ0v) is 21.8. The Balaban J connectivity index is 2.65. The molecule has 2 aromatic carbocycles. The molecule has 0 aliphatic carbocycles. The van der Waals surface area contributed by atoms with E-state index in [1.807, 2.05) is 38.1 Å². The van der Waals surface area contributed by atoms with Gasteiger partial charge in [0.2, 0.25) is 5.79 Å². The van der Waals surface area contributed by atoms with Crippen molar-refractivity contribution in [1.29, 1.82) is 0 Å². The lowest BCUT2D eigenvalue weighted by Gasteiger charge is -2.30. The molecule has 0 fully saturated rings. The second-order valence-corrected chi connectivity index (χ2v) is 10.5. The van der Waals surface area contributed by atoms with Crippen molar-refractivity contribution in [3.8, 4) is 22.6 Å². The minimum Gasteiger partial charge on any atom is -0.507 e. The monoisotopic (exact) mass is 476 g/mol. The molecule has 0 heterocycles. The van der Waals surface area contributed by atoms with Crippen LogP contribution >= 0.6 is 7.82 Å². The maximum Gasteiger partial charge on any atom is 0.477 e. The molecule has 0 saturated heterocycles. The summed E-state index contributed by atoms with van der Waals surface area (Å²) in [6, 6.07) is 9.67. The molecule has 182 valence electrons. The van der Waals surface area contributed by atoms with Crippen molar-refractivity contribution < 1.29 is 28.0 Å². The number of benzene rings is 2. The van der Waals surface area contributed by atoms with Gasteiger partial charge in [0.05, 0.1) is 5.56 Å². The van der Waals surface area contributed by atoms with E-state index >= 15 is 0 Å². The van der Waals surface area contributed by atoms with Gasteiger partial charge in [-0.05, 0) is 55.5 Å². The van der Waals surface area contributed by atoms with Gasteiger partial charge in [0.15, 0.2) is 0 Å². The number of rotatable bonds is 12. The van der Waals surface area contributed by atoms with E-state index in [2.05, 4.69) is 13.5 Å². The molecule has 0 bridgehead atoms. The topological polar surface area (TPSA) is 74.2 Å². The Morgan fingerprint density at radius 3 is 2.36 bits per heavy atom. The van der Waals surface area contributed by atoms with Crippen LogP contribution in [0.15, 0.2) is 36.9 Å². The standard InChI is InChI=1S/C26H37O6P/c1-9-10-11-12-20-16-23(27)25(22-15-19(4)13-14-21(22)18(2)3)24(17-20)31-26(5,6)32-33(28,29-7)30-8/h13-17,27H,2,9-12H2,1,3-8H3. The van der Waals surface area contributed by atoms with Crippen LogP contribution in [0.1, 0.15) is 63.6 Å². The first kappa shape index (κ1) is 27.1. The average Bonchev–Trinajstić information content (AvgIpc) is 2.72. The summed E-state index contributed by atoms with van der Waals surface area (Å²) in [6.45, 7) is 13.4. The summed E-state index contributed by atoms with van der Waals surface area (Å²) in [6.07, 6.45) is 3.99. The summed E-state index contributed by atoms with van der Waals surface area (Å²) in [5.74, 6) is -0.860. The van der Waals surface area contributed by atoms with Gasteiger partial charge in [0.1, 0.15) is 11.5 Å². The SMILES string of the molecule is C=C(C)c1ccc(C)cc1-c1c(O)cc(CCCCC)cc1OC(C)(C)OP(=O)(OC)OC. The maximum atomic E-state index is 12.6. The van der Waals surface area contributed by atoms with Crippen molar-refractivity contribution in [1.82, 2.24) is 0 Å². The molecule has 0 aliphatic rings. The molecule has 0 spiro atoms. The number of phenols is 1. The quantitative estimate of drug-likeness (QED) is 0.192. The predicted octanol–water partition coefficient (Wildman–Crippen LogP) is 7.67. The number of unbranched alkanes of at least 4 members (excludes halogenated alkanes) is 2. The number of ether oxygens (including phenoxy) is 1. The molecule has 0 aliphatic heterocycles. The molecular formula is C26H37O6P. The minimum atomic E-state index is -3.81. The van der Waals surface area contributed by atoms with Crippen molar-refractivity contribution in [3.63, 3.8) is 0 Å². The first-order valence-corrected chi connectivity index (χ1v) is 12.7. The van der Waals surface area contributed by atoms with Gasteiger partial charge in [-0.15, -0.1) is 0 Å². The zero-order chi connectivity index (χ0) is 24.8. The number of phenolic OH excluding ortho intramolecular Hbond substituents is 1. The molecule has 7 heteroatoms. The summed E-state index contributed by atoms with van der Waals surface area (Å²) >= 11 is 0. The van der Waals surface area contributed by atoms with Gasteiger partial charge in [-0.2, -0.15) is 0 Å². The molecule has 0 unspecified atom stereocenters. The van der Waals surface area contributed by atoms with Crippen LogP contribution in [-0.4, -0.2) is 25.1 Å². The number of aryl methyl sites for hydroxylation is 2. The highest BCUT2D eigenvalue weighted by atomic mass is 31.2. The maximum absolute atomic E-state index is 12.6. The molecule has 2 rings (SSSR count). The van der Waals surface area contributed by atoms with Crippen LogP contribution in [0.5, 0.6) is 11.5 Å². The summed E-state index contributed by atoms with van der Waals surface area (Å²) in [4.78, 5) is 0. The highest BCUT2D eigenvalue weighted by Crippen LogP contribution is 2.52. The Hall–Kier alpha value is -2.11. The molecule has 0 atom stereocenters. The molecule has 2 aromatic rings. The second kappa shape index (κ2) is 11.3. The van der Waals surface area contributed by atoms with E-state index in [1.165, 1.54) is 14.2 Å². The molecule has 0 saturated carbocycles. The number of aromatic hydroxyl groups is 1. The van der Waals surface area contributed by atoms with Gasteiger partial charge in [0.25, 0.3) is 0 Å². The first-order chi connectivity index (χ1) is 15.4. The Morgan fingerprint density at radius 2 is 1.79 bits per heavy atom. The van der Waals surface area contributed by atoms with E-state index in [0.29, 0.717) is 11.3 Å². The smallest absolute Gasteiger partial charge is 0.477 e. The molecule has 33 heavy (non-hydrogen) atoms. The van der Waals surface area contributed by atoms with E-state index in [-0.39, 0.29) is 5.75 Å². The van der Waals surface area contributed by atoms with Gasteiger partial charge in [-0.3, -0.25) is 9.05 Å². The van der Waals surface area contributed by atoms with Gasteiger partial charge in [-0.25, -0.2) is 9.09 Å². The minimum absolute atomic E-state index is 0.101. The van der Waals surface area contributed by atoms with E-state index in [9.17, 15) is 9.67 Å². The lowest BCUT2D eigenvalue weighted by Crippen LogP contribution is -2.31. The fourth-order valence-electron chi connectivity index (χ4n) is 3.67. The Bertz CT molecular complexity index is 1020. The molecule has 0 amide bonds. The largest absolute Gasteiger partial charge is 0.507 e. The first-order valence-electron chi connectivity index (χ1n) is 11.2. The lowest BCUT2D eigenvalue weighted by molar-refractivity contribution is -0.0998. The van der Waals surface area contributed by atoms with Crippen LogP contribution in [0.4, 0.5) is 0 Å². The summed E-state index contributed by atoms with van der Waals surface area (Å²) in [7, 11) is -1.31. The van der Waals surface area contributed by atoms with Gasteiger partial charge in [-0.1, -0.05) is 55.7 Å². The van der Waals surface area contributed by atoms with Crippen molar-refractivity contribution in [2.45, 2.75) is 66.1 Å². The molecule has 0 radical (unpaired) electrons. The van der Waals surface area contributed by atoms with Crippen LogP contribution < -0.4 is 4.74 Å². The van der Waals surface area contributed by atoms with Crippen LogP contribution in [0, 0.1) is 6.92 Å². The Kier molecular flexibility index (Phi) is 9.33. The number of phosphoric ester groups is 1.